The quantitative estimate of drug-likeness (QED) is 0.0113. The Morgan fingerprint density at radius 1 is 0.315 bits per heavy atom. The topological polar surface area (TPSA) is 282 Å². The van der Waals surface area contributed by atoms with Crippen molar-refractivity contribution in [2.45, 2.75) is 142 Å². The molecule has 2 aliphatic heterocycles. The number of carbonyl (C=O) groups is 6. The van der Waals surface area contributed by atoms with E-state index in [1.165, 1.54) is 95.1 Å². The van der Waals surface area contributed by atoms with Gasteiger partial charge in [0.2, 0.25) is 11.8 Å². The fourth-order valence-corrected chi connectivity index (χ4v) is 23.1. The Morgan fingerprint density at radius 3 is 0.726 bits per heavy atom. The third-order valence-electron chi connectivity index (χ3n) is 23.8. The summed E-state index contributed by atoms with van der Waals surface area (Å²) < 4.78 is 113. The van der Waals surface area contributed by atoms with E-state index in [4.69, 9.17) is 81.5 Å². The Balaban J connectivity index is 1.32. The summed E-state index contributed by atoms with van der Waals surface area (Å²) >= 11 is 0. The van der Waals surface area contributed by atoms with E-state index in [2.05, 4.69) is 55.4 Å². The molecular weight excluding hydrogens is 1660 g/mol. The van der Waals surface area contributed by atoms with E-state index in [-0.39, 0.29) is 202 Å². The lowest BCUT2D eigenvalue weighted by Crippen LogP contribution is -2.57. The van der Waals surface area contributed by atoms with Crippen LogP contribution in [0.3, 0.4) is 0 Å². The number of carbonyl (C=O) groups excluding carboxylic acids is 6. The molecule has 0 N–H and O–H groups in total. The molecule has 0 bridgehead atoms. The fourth-order valence-electron chi connectivity index (χ4n) is 16.5. The van der Waals surface area contributed by atoms with Crippen molar-refractivity contribution >= 4 is 114 Å². The molecule has 11 rings (SSSR count). The van der Waals surface area contributed by atoms with Crippen molar-refractivity contribution in [1.82, 2.24) is 19.6 Å². The second-order valence-corrected chi connectivity index (χ2v) is 44.2. The summed E-state index contributed by atoms with van der Waals surface area (Å²) in [6.45, 7) is 20.1. The number of fused-ring (bicyclic) bond motifs is 2. The highest BCUT2D eigenvalue weighted by molar-refractivity contribution is 6.62. The number of ether oxygens (including phenoxy) is 6. The van der Waals surface area contributed by atoms with Crippen LogP contribution in [0.2, 0.25) is 24.2 Å². The van der Waals surface area contributed by atoms with Crippen LogP contribution in [0.1, 0.15) is 169 Å². The number of hydrogen-bond donors (Lipinski definition) is 0. The van der Waals surface area contributed by atoms with Gasteiger partial charge in [0.05, 0.1) is 22.3 Å². The third kappa shape index (κ3) is 19.6. The van der Waals surface area contributed by atoms with Crippen LogP contribution >= 0.6 is 0 Å². The molecule has 668 valence electrons. The number of benzene rings is 9. The van der Waals surface area contributed by atoms with Gasteiger partial charge in [0, 0.05) is 218 Å². The predicted molar refractivity (Wildman–Crippen MR) is 480 cm³/mol. The number of hydrogen-bond acceptors (Lipinski definition) is 24. The van der Waals surface area contributed by atoms with Gasteiger partial charge in [0.1, 0.15) is 58.1 Å². The Morgan fingerprint density at radius 2 is 0.532 bits per heavy atom. The highest BCUT2D eigenvalue weighted by Crippen LogP contribution is 2.59. The molecule has 2 unspecified atom stereocenters. The molecule has 2 atom stereocenters. The Hall–Kier alpha value is -8.99. The van der Waals surface area contributed by atoms with Gasteiger partial charge < -0.3 is 91.3 Å². The average Bonchev–Trinajstić information content (AvgIpc) is 0.669. The largest absolute Gasteiger partial charge is 0.501 e. The molecule has 9 aromatic carbocycles. The molecule has 0 aromatic heterocycles. The minimum Gasteiger partial charge on any atom is -0.457 e. The maximum Gasteiger partial charge on any atom is 0.501 e. The van der Waals surface area contributed by atoms with Gasteiger partial charge in [-0.3, -0.25) is 38.6 Å². The molecular formula is C92H120N4O24Si4. The standard InChI is InChI=1S/C92H120N4O24Si4/c1-23-115-43-37-73(91(101)93(39-45-121(103-11,104-12)105-13)40-46-122(106-14,107-15)108-16)95-87(97)69-53-75(117-65-33-25-29-61(49-65)57(3)4)81-83-77(119-67-35-27-31-63(51-67)59(7)8)55-71-80-72(90(100)96(89(71)99)74(38-44-116-24-2)92(102)94(41-47-123(109-17,110-18)111-19)42-48-124(112-20,113-21)114-22)56-78(120-68-36-28-32-64(52-68)60(9)10)84(86(80)83)82-76(54-70(88(95)98)79(69)85(81)82)118-66-34-26-30-62(50-66)58(5)6/h25-36,49-60,73-74H,23-24,37-48H2,1-22H3. The van der Waals surface area contributed by atoms with E-state index >= 15 is 28.8 Å². The first-order chi connectivity index (χ1) is 59.5. The van der Waals surface area contributed by atoms with Gasteiger partial charge in [-0.1, -0.05) is 104 Å². The van der Waals surface area contributed by atoms with Crippen molar-refractivity contribution in [3.63, 3.8) is 0 Å². The van der Waals surface area contributed by atoms with Crippen LogP contribution in [0, 0.1) is 0 Å². The molecule has 0 fully saturated rings. The highest BCUT2D eigenvalue weighted by Gasteiger charge is 2.51. The average molecular weight is 1780 g/mol. The molecule has 0 radical (unpaired) electrons. The zero-order valence-electron chi connectivity index (χ0n) is 75.5. The van der Waals surface area contributed by atoms with Crippen LogP contribution in [-0.4, -0.2) is 240 Å². The predicted octanol–water partition coefficient (Wildman–Crippen LogP) is 17.4. The number of nitrogens with zero attached hydrogens (tertiary/aromatic N) is 4. The monoisotopic (exact) mass is 1780 g/mol. The number of rotatable bonds is 48. The molecule has 32 heteroatoms. The van der Waals surface area contributed by atoms with Gasteiger partial charge in [-0.05, 0) is 133 Å². The summed E-state index contributed by atoms with van der Waals surface area (Å²) in [6.07, 6.45) is -0.363. The summed E-state index contributed by atoms with van der Waals surface area (Å²) in [6, 6.07) is 33.7. The molecule has 124 heavy (non-hydrogen) atoms. The molecule has 6 amide bonds. The smallest absolute Gasteiger partial charge is 0.457 e. The van der Waals surface area contributed by atoms with Crippen LogP contribution < -0.4 is 18.9 Å². The van der Waals surface area contributed by atoms with E-state index < -0.39 is 82.7 Å². The van der Waals surface area contributed by atoms with Gasteiger partial charge in [-0.2, -0.15) is 0 Å². The fraction of sp³-hybridized carbons (Fsp3) is 0.457. The third-order valence-corrected chi connectivity index (χ3v) is 34.6. The number of imide groups is 2. The van der Waals surface area contributed by atoms with Crippen LogP contribution in [0.15, 0.2) is 121 Å². The molecule has 28 nitrogen and oxygen atoms in total. The first-order valence-corrected chi connectivity index (χ1v) is 49.8. The minimum atomic E-state index is -3.47. The molecule has 0 saturated heterocycles. The van der Waals surface area contributed by atoms with Crippen molar-refractivity contribution in [3.8, 4) is 46.0 Å². The first-order valence-electron chi connectivity index (χ1n) is 42.1. The second kappa shape index (κ2) is 41.6. The summed E-state index contributed by atoms with van der Waals surface area (Å²) in [5.41, 5.74) is 3.38. The minimum absolute atomic E-state index is 0.00799. The van der Waals surface area contributed by atoms with Crippen LogP contribution in [0.5, 0.6) is 46.0 Å². The van der Waals surface area contributed by atoms with Gasteiger partial charge in [0.25, 0.3) is 23.6 Å². The van der Waals surface area contributed by atoms with Gasteiger partial charge in [-0.15, -0.1) is 0 Å². The van der Waals surface area contributed by atoms with Crippen LogP contribution in [-0.2, 0) is 72.2 Å². The molecule has 2 aliphatic rings. The summed E-state index contributed by atoms with van der Waals surface area (Å²) in [7, 11) is 3.75. The van der Waals surface area contributed by atoms with Gasteiger partial charge >= 0.3 is 35.2 Å². The second-order valence-electron chi connectivity index (χ2n) is 31.8. The maximum absolute atomic E-state index is 17.1. The molecule has 0 spiro atoms. The van der Waals surface area contributed by atoms with Crippen molar-refractivity contribution in [2.24, 2.45) is 0 Å². The summed E-state index contributed by atoms with van der Waals surface area (Å²) in [5.74, 6) is -3.30. The van der Waals surface area contributed by atoms with Crippen molar-refractivity contribution in [1.29, 1.82) is 0 Å². The molecule has 9 aromatic rings. The molecule has 2 heterocycles. The first kappa shape index (κ1) is 95.7. The highest BCUT2D eigenvalue weighted by atomic mass is 28.4. The maximum atomic E-state index is 17.1. The van der Waals surface area contributed by atoms with Gasteiger partial charge in [-0.25, -0.2) is 0 Å². The van der Waals surface area contributed by atoms with Crippen LogP contribution in [0.25, 0.3) is 43.1 Å². The van der Waals surface area contributed by atoms with Crippen molar-refractivity contribution < 1.29 is 110 Å². The van der Waals surface area contributed by atoms with E-state index in [9.17, 15) is 0 Å². The zero-order chi connectivity index (χ0) is 89.9. The van der Waals surface area contributed by atoms with Gasteiger partial charge in [0.15, 0.2) is 0 Å². The lowest BCUT2D eigenvalue weighted by Gasteiger charge is -2.38. The Labute approximate surface area is 731 Å². The summed E-state index contributed by atoms with van der Waals surface area (Å²) in [4.78, 5) is 106. The van der Waals surface area contributed by atoms with Crippen LogP contribution in [0.4, 0.5) is 0 Å². The molecule has 0 aliphatic carbocycles. The van der Waals surface area contributed by atoms with E-state index in [1.54, 1.807) is 62.4 Å². The summed E-state index contributed by atoms with van der Waals surface area (Å²) in [5, 5.41) is 1.70. The zero-order valence-corrected chi connectivity index (χ0v) is 79.5. The molecule has 0 saturated carbocycles. The lowest BCUT2D eigenvalue weighted by molar-refractivity contribution is -0.136. The van der Waals surface area contributed by atoms with E-state index in [0.29, 0.717) is 23.0 Å². The van der Waals surface area contributed by atoms with E-state index in [0.717, 1.165) is 32.1 Å². The normalized spacial score (nSPS) is 14.0. The number of amides is 6. The SMILES string of the molecule is CCOCCC(C(=O)N(CC[Si](OC)(OC)OC)CC[Si](OC)(OC)OC)N1C(=O)c2cc(Oc3cccc(C(C)C)c3)c3c4c(Oc5cccc(C(C)C)c5)cc5c6c(cc(Oc7cccc(C(C)C)c7)c(c7c(Oc8cccc(C(C)C)c8)cc(c2c37)C1=O)c64)C(=O)N(C(CCOCC)C(=O)N(CC[Si](OC)(OC)OC)CC[Si](OC)(OC)OC)C5=O. The van der Waals surface area contributed by atoms with E-state index in [1.807, 2.05) is 72.8 Å². The lowest BCUT2D eigenvalue weighted by atomic mass is 9.80. The van der Waals surface area contributed by atoms with Crippen molar-refractivity contribution in [2.75, 3.05) is 138 Å². The Bertz CT molecular complexity index is 4670. The van der Waals surface area contributed by atoms with Crippen molar-refractivity contribution in [3.05, 3.63) is 166 Å². The Kier molecular flexibility index (Phi) is 32.1.